The summed E-state index contributed by atoms with van der Waals surface area (Å²) in [6, 6.07) is 72.6. The Kier molecular flexibility index (Phi) is 8.70. The predicted octanol–water partition coefficient (Wildman–Crippen LogP) is 15.0. The molecule has 0 fully saturated rings. The lowest BCUT2D eigenvalue weighted by Crippen LogP contribution is -2.10. The fourth-order valence-corrected chi connectivity index (χ4v) is 8.29. The van der Waals surface area contributed by atoms with Gasteiger partial charge in [-0.2, -0.15) is 0 Å². The zero-order valence-corrected chi connectivity index (χ0v) is 31.1. The van der Waals surface area contributed by atoms with E-state index < -0.39 is 0 Å². The summed E-state index contributed by atoms with van der Waals surface area (Å²) in [6.45, 7) is 0. The van der Waals surface area contributed by atoms with Gasteiger partial charge in [0.25, 0.3) is 0 Å². The largest absolute Gasteiger partial charge is 0.310 e. The number of para-hydroxylation sites is 2. The maximum absolute atomic E-state index is 2.40. The first-order valence-electron chi connectivity index (χ1n) is 19.5. The van der Waals surface area contributed by atoms with Gasteiger partial charge in [-0.15, -0.1) is 0 Å². The van der Waals surface area contributed by atoms with Crippen molar-refractivity contribution in [2.75, 3.05) is 4.90 Å². The van der Waals surface area contributed by atoms with Crippen molar-refractivity contribution in [1.29, 1.82) is 0 Å². The molecular formula is C54H40N2. The molecule has 0 aliphatic heterocycles. The topological polar surface area (TPSA) is 8.17 Å². The number of hydrogen-bond acceptors (Lipinski definition) is 1. The molecule has 10 rings (SSSR count). The average molecular weight is 717 g/mol. The van der Waals surface area contributed by atoms with E-state index >= 15 is 0 Å². The zero-order valence-electron chi connectivity index (χ0n) is 31.1. The fraction of sp³-hybridized carbons (Fsp3) is 0.0370. The molecule has 0 N–H and O–H groups in total. The second-order valence-corrected chi connectivity index (χ2v) is 14.5. The Morgan fingerprint density at radius 2 is 0.911 bits per heavy atom. The Hall–Kier alpha value is -7.16. The van der Waals surface area contributed by atoms with Crippen LogP contribution in [0.25, 0.3) is 66.4 Å². The first-order valence-corrected chi connectivity index (χ1v) is 19.5. The lowest BCUT2D eigenvalue weighted by Gasteiger charge is -2.27. The maximum Gasteiger partial charge on any atom is 0.0541 e. The van der Waals surface area contributed by atoms with Crippen LogP contribution in [0, 0.1) is 0 Å². The minimum atomic E-state index is 1.03. The van der Waals surface area contributed by atoms with Crippen molar-refractivity contribution in [3.63, 3.8) is 0 Å². The SMILES string of the molecule is C1=CC(c2cc(N(c3ccc(-c4ccccc4)cc3)c3ccc(-c4ccccc4)cc3)ccc2-c2ccc3c(c2)c2ccccc2n3-c2ccccc2)=CCC1. The molecule has 1 aliphatic carbocycles. The van der Waals surface area contributed by atoms with E-state index in [2.05, 4.69) is 228 Å². The van der Waals surface area contributed by atoms with Crippen molar-refractivity contribution in [1.82, 2.24) is 4.57 Å². The third-order valence-electron chi connectivity index (χ3n) is 11.0. The van der Waals surface area contributed by atoms with Crippen LogP contribution in [-0.4, -0.2) is 4.57 Å². The Morgan fingerprint density at radius 3 is 1.54 bits per heavy atom. The molecule has 0 spiro atoms. The standard InChI is InChI=1S/C54H40N2/c1-5-15-39(16-6-1)41-25-30-46(31-26-41)55(47-32-27-42(28-33-47)40-17-7-2-8-18-40)48-34-35-49(51(38-48)43-19-9-3-10-20-43)44-29-36-54-52(37-44)50-23-13-14-24-53(50)56(54)45-21-11-4-12-22-45/h1-2,4-9,11-38H,3,10H2. The van der Waals surface area contributed by atoms with Crippen LogP contribution in [0.1, 0.15) is 18.4 Å². The van der Waals surface area contributed by atoms with E-state index in [4.69, 9.17) is 0 Å². The highest BCUT2D eigenvalue weighted by Gasteiger charge is 2.19. The molecule has 0 radical (unpaired) electrons. The third-order valence-corrected chi connectivity index (χ3v) is 11.0. The summed E-state index contributed by atoms with van der Waals surface area (Å²) >= 11 is 0. The highest BCUT2D eigenvalue weighted by Crippen LogP contribution is 2.42. The van der Waals surface area contributed by atoms with Crippen molar-refractivity contribution in [3.8, 4) is 39.1 Å². The van der Waals surface area contributed by atoms with E-state index in [1.54, 1.807) is 0 Å². The Morgan fingerprint density at radius 1 is 0.375 bits per heavy atom. The molecule has 0 atom stereocenters. The van der Waals surface area contributed by atoms with Crippen LogP contribution in [0.15, 0.2) is 218 Å². The lowest BCUT2D eigenvalue weighted by molar-refractivity contribution is 1.04. The molecule has 1 heterocycles. The van der Waals surface area contributed by atoms with E-state index in [1.165, 1.54) is 72.0 Å². The monoisotopic (exact) mass is 716 g/mol. The summed E-state index contributed by atoms with van der Waals surface area (Å²) in [6.07, 6.45) is 9.11. The van der Waals surface area contributed by atoms with Gasteiger partial charge in [0.2, 0.25) is 0 Å². The van der Waals surface area contributed by atoms with Crippen LogP contribution in [0.2, 0.25) is 0 Å². The summed E-state index contributed by atoms with van der Waals surface area (Å²) in [4.78, 5) is 2.39. The quantitative estimate of drug-likeness (QED) is 0.152. The van der Waals surface area contributed by atoms with Crippen molar-refractivity contribution >= 4 is 44.4 Å². The normalized spacial score (nSPS) is 12.5. The summed E-state index contributed by atoms with van der Waals surface area (Å²) in [5.74, 6) is 0. The molecule has 0 saturated heterocycles. The molecule has 9 aromatic rings. The lowest BCUT2D eigenvalue weighted by atomic mass is 9.90. The van der Waals surface area contributed by atoms with E-state index in [-0.39, 0.29) is 0 Å². The number of hydrogen-bond donors (Lipinski definition) is 0. The summed E-state index contributed by atoms with van der Waals surface area (Å²) in [5.41, 5.74) is 16.7. The number of anilines is 3. The van der Waals surface area contributed by atoms with Crippen LogP contribution < -0.4 is 4.90 Å². The van der Waals surface area contributed by atoms with Crippen molar-refractivity contribution in [3.05, 3.63) is 224 Å². The molecule has 0 bridgehead atoms. The zero-order chi connectivity index (χ0) is 37.3. The number of benzene rings is 8. The van der Waals surface area contributed by atoms with Crippen LogP contribution in [0.3, 0.4) is 0 Å². The van der Waals surface area contributed by atoms with Crippen LogP contribution in [0.4, 0.5) is 17.1 Å². The number of fused-ring (bicyclic) bond motifs is 3. The van der Waals surface area contributed by atoms with E-state index in [9.17, 15) is 0 Å². The van der Waals surface area contributed by atoms with Gasteiger partial charge in [-0.05, 0) is 124 Å². The maximum atomic E-state index is 2.40. The van der Waals surface area contributed by atoms with Gasteiger partial charge in [0.15, 0.2) is 0 Å². The van der Waals surface area contributed by atoms with Crippen LogP contribution >= 0.6 is 0 Å². The average Bonchev–Trinajstić information content (AvgIpc) is 3.62. The Labute approximate surface area is 328 Å². The molecule has 0 amide bonds. The number of aromatic nitrogens is 1. The molecule has 0 saturated carbocycles. The molecule has 2 heteroatoms. The van der Waals surface area contributed by atoms with Crippen LogP contribution in [-0.2, 0) is 0 Å². The van der Waals surface area contributed by atoms with Crippen molar-refractivity contribution < 1.29 is 0 Å². The van der Waals surface area contributed by atoms with Gasteiger partial charge in [-0.3, -0.25) is 0 Å². The molecule has 56 heavy (non-hydrogen) atoms. The molecule has 0 unspecified atom stereocenters. The smallest absolute Gasteiger partial charge is 0.0541 e. The minimum absolute atomic E-state index is 1.03. The van der Waals surface area contributed by atoms with Crippen molar-refractivity contribution in [2.24, 2.45) is 0 Å². The van der Waals surface area contributed by atoms with Crippen molar-refractivity contribution in [2.45, 2.75) is 12.8 Å². The van der Waals surface area contributed by atoms with Gasteiger partial charge in [0.1, 0.15) is 0 Å². The molecule has 1 aromatic heterocycles. The van der Waals surface area contributed by atoms with E-state index in [0.29, 0.717) is 0 Å². The predicted molar refractivity (Wildman–Crippen MR) is 238 cm³/mol. The first kappa shape index (κ1) is 33.4. The summed E-state index contributed by atoms with van der Waals surface area (Å²) in [7, 11) is 0. The van der Waals surface area contributed by atoms with Gasteiger partial charge >= 0.3 is 0 Å². The fourth-order valence-electron chi connectivity index (χ4n) is 8.29. The summed E-state index contributed by atoms with van der Waals surface area (Å²) in [5, 5.41) is 2.51. The Balaban J connectivity index is 1.12. The summed E-state index contributed by atoms with van der Waals surface area (Å²) < 4.78 is 2.38. The number of allylic oxidation sites excluding steroid dienone is 4. The third kappa shape index (κ3) is 6.22. The Bertz CT molecular complexity index is 2780. The van der Waals surface area contributed by atoms with Gasteiger partial charge in [-0.25, -0.2) is 0 Å². The van der Waals surface area contributed by atoms with Crippen LogP contribution in [0.5, 0.6) is 0 Å². The molecule has 1 aliphatic rings. The molecule has 2 nitrogen and oxygen atoms in total. The van der Waals surface area contributed by atoms with E-state index in [0.717, 1.165) is 29.9 Å². The van der Waals surface area contributed by atoms with E-state index in [1.807, 2.05) is 0 Å². The highest BCUT2D eigenvalue weighted by molar-refractivity contribution is 6.11. The van der Waals surface area contributed by atoms with Gasteiger partial charge in [-0.1, -0.05) is 152 Å². The second kappa shape index (κ2) is 14.6. The number of rotatable bonds is 8. The van der Waals surface area contributed by atoms with Gasteiger partial charge in [0.05, 0.1) is 11.0 Å². The first-order chi connectivity index (χ1) is 27.8. The minimum Gasteiger partial charge on any atom is -0.310 e. The second-order valence-electron chi connectivity index (χ2n) is 14.5. The molecular weight excluding hydrogens is 677 g/mol. The van der Waals surface area contributed by atoms with Gasteiger partial charge < -0.3 is 9.47 Å². The highest BCUT2D eigenvalue weighted by atomic mass is 15.1. The molecule has 266 valence electrons. The number of nitrogens with zero attached hydrogens (tertiary/aromatic N) is 2. The molecule has 8 aromatic carbocycles. The van der Waals surface area contributed by atoms with Gasteiger partial charge in [0, 0.05) is 33.5 Å².